The largest absolute Gasteiger partial charge is 0.481 e. The predicted molar refractivity (Wildman–Crippen MR) is 69.1 cm³/mol. The van der Waals surface area contributed by atoms with Gasteiger partial charge in [-0.25, -0.2) is 0 Å². The van der Waals surface area contributed by atoms with E-state index in [2.05, 4.69) is 9.97 Å². The number of ether oxygens (including phenoxy) is 3. The summed E-state index contributed by atoms with van der Waals surface area (Å²) >= 11 is 0. The standard InChI is InChI=1S/C13H18N2O5/c1-18-10-7-11(19-2)15-13(14-10)20-9-6-4-3-5-8(9)12(16)17/h7-9H,3-6H2,1-2H3,(H,16,17). The second kappa shape index (κ2) is 6.40. The molecule has 7 heteroatoms. The van der Waals surface area contributed by atoms with Gasteiger partial charge in [0.25, 0.3) is 0 Å². The number of hydrogen-bond donors (Lipinski definition) is 1. The maximum Gasteiger partial charge on any atom is 0.323 e. The fourth-order valence-corrected chi connectivity index (χ4v) is 2.30. The number of aromatic nitrogens is 2. The van der Waals surface area contributed by atoms with Crippen LogP contribution in [0.3, 0.4) is 0 Å². The average Bonchev–Trinajstić information content (AvgIpc) is 2.47. The molecule has 1 N–H and O–H groups in total. The minimum Gasteiger partial charge on any atom is -0.481 e. The predicted octanol–water partition coefficient (Wildman–Crippen LogP) is 1.52. The third-order valence-electron chi connectivity index (χ3n) is 3.35. The molecule has 1 aromatic heterocycles. The molecule has 7 nitrogen and oxygen atoms in total. The molecule has 1 aliphatic carbocycles. The number of carbonyl (C=O) groups is 1. The molecule has 2 atom stereocenters. The lowest BCUT2D eigenvalue weighted by molar-refractivity contribution is -0.146. The van der Waals surface area contributed by atoms with Gasteiger partial charge in [-0.15, -0.1) is 0 Å². The van der Waals surface area contributed by atoms with Gasteiger partial charge in [0.2, 0.25) is 11.8 Å². The minimum atomic E-state index is -0.843. The van der Waals surface area contributed by atoms with Crippen molar-refractivity contribution in [2.75, 3.05) is 14.2 Å². The highest BCUT2D eigenvalue weighted by atomic mass is 16.5. The van der Waals surface area contributed by atoms with Crippen molar-refractivity contribution in [2.45, 2.75) is 31.8 Å². The Kier molecular flexibility index (Phi) is 4.60. The van der Waals surface area contributed by atoms with Crippen LogP contribution >= 0.6 is 0 Å². The van der Waals surface area contributed by atoms with Crippen LogP contribution in [0.4, 0.5) is 0 Å². The molecule has 0 spiro atoms. The molecule has 0 aromatic carbocycles. The Balaban J connectivity index is 2.17. The second-order valence-corrected chi connectivity index (χ2v) is 4.62. The zero-order chi connectivity index (χ0) is 14.5. The SMILES string of the molecule is COc1cc(OC)nc(OC2CCCCC2C(=O)O)n1. The molecule has 0 aliphatic heterocycles. The van der Waals surface area contributed by atoms with E-state index in [9.17, 15) is 9.90 Å². The highest BCUT2D eigenvalue weighted by Gasteiger charge is 2.33. The summed E-state index contributed by atoms with van der Waals surface area (Å²) in [5, 5.41) is 9.22. The van der Waals surface area contributed by atoms with Crippen molar-refractivity contribution in [3.05, 3.63) is 6.07 Å². The van der Waals surface area contributed by atoms with E-state index < -0.39 is 18.0 Å². The Bertz CT molecular complexity index is 458. The smallest absolute Gasteiger partial charge is 0.323 e. The van der Waals surface area contributed by atoms with Gasteiger partial charge in [0.15, 0.2) is 0 Å². The van der Waals surface area contributed by atoms with Gasteiger partial charge in [0.1, 0.15) is 6.10 Å². The first-order valence-corrected chi connectivity index (χ1v) is 6.50. The van der Waals surface area contributed by atoms with Gasteiger partial charge in [-0.3, -0.25) is 4.79 Å². The molecule has 0 bridgehead atoms. The van der Waals surface area contributed by atoms with Crippen LogP contribution < -0.4 is 14.2 Å². The van der Waals surface area contributed by atoms with Crippen LogP contribution in [0.1, 0.15) is 25.7 Å². The summed E-state index contributed by atoms with van der Waals surface area (Å²) in [6.07, 6.45) is 2.72. The molecule has 1 fully saturated rings. The molecular weight excluding hydrogens is 264 g/mol. The van der Waals surface area contributed by atoms with Crippen molar-refractivity contribution >= 4 is 5.97 Å². The molecule has 1 saturated carbocycles. The first-order valence-electron chi connectivity index (χ1n) is 6.50. The van der Waals surface area contributed by atoms with Crippen LogP contribution in [0.2, 0.25) is 0 Å². The van der Waals surface area contributed by atoms with Crippen molar-refractivity contribution in [1.82, 2.24) is 9.97 Å². The van der Waals surface area contributed by atoms with Crippen LogP contribution in [0.5, 0.6) is 17.8 Å². The van der Waals surface area contributed by atoms with Crippen molar-refractivity contribution in [3.8, 4) is 17.8 Å². The van der Waals surface area contributed by atoms with Crippen LogP contribution in [0, 0.1) is 5.92 Å². The summed E-state index contributed by atoms with van der Waals surface area (Å²) in [6.45, 7) is 0. The van der Waals surface area contributed by atoms with Gasteiger partial charge in [-0.2, -0.15) is 9.97 Å². The molecule has 1 aliphatic rings. The summed E-state index contributed by atoms with van der Waals surface area (Å²) in [5.41, 5.74) is 0. The van der Waals surface area contributed by atoms with Crippen molar-refractivity contribution in [2.24, 2.45) is 5.92 Å². The number of aliphatic carboxylic acids is 1. The van der Waals surface area contributed by atoms with Gasteiger partial charge in [-0.05, 0) is 19.3 Å². The molecule has 1 aromatic rings. The molecule has 20 heavy (non-hydrogen) atoms. The van der Waals surface area contributed by atoms with E-state index in [0.717, 1.165) is 12.8 Å². The van der Waals surface area contributed by atoms with Crippen molar-refractivity contribution < 1.29 is 24.1 Å². The summed E-state index contributed by atoms with van der Waals surface area (Å²) < 4.78 is 15.7. The van der Waals surface area contributed by atoms with Crippen LogP contribution in [-0.4, -0.2) is 41.4 Å². The molecule has 0 radical (unpaired) electrons. The van der Waals surface area contributed by atoms with Crippen LogP contribution in [-0.2, 0) is 4.79 Å². The molecular formula is C13H18N2O5. The number of nitrogens with zero attached hydrogens (tertiary/aromatic N) is 2. The summed E-state index contributed by atoms with van der Waals surface area (Å²) in [6, 6.07) is 1.61. The average molecular weight is 282 g/mol. The van der Waals surface area contributed by atoms with E-state index >= 15 is 0 Å². The number of rotatable bonds is 5. The van der Waals surface area contributed by atoms with E-state index in [4.69, 9.17) is 14.2 Å². The minimum absolute atomic E-state index is 0.0827. The maximum absolute atomic E-state index is 11.2. The zero-order valence-electron chi connectivity index (χ0n) is 11.5. The summed E-state index contributed by atoms with van der Waals surface area (Å²) in [7, 11) is 2.96. The topological polar surface area (TPSA) is 90.8 Å². The van der Waals surface area contributed by atoms with Crippen molar-refractivity contribution in [3.63, 3.8) is 0 Å². The Hall–Kier alpha value is -2.05. The lowest BCUT2D eigenvalue weighted by Gasteiger charge is -2.28. The van der Waals surface area contributed by atoms with Crippen LogP contribution in [0.15, 0.2) is 6.07 Å². The van der Waals surface area contributed by atoms with E-state index in [1.807, 2.05) is 0 Å². The summed E-state index contributed by atoms with van der Waals surface area (Å²) in [4.78, 5) is 19.3. The molecule has 0 saturated heterocycles. The molecule has 110 valence electrons. The fourth-order valence-electron chi connectivity index (χ4n) is 2.30. The number of carboxylic acids is 1. The van der Waals surface area contributed by atoms with E-state index in [1.165, 1.54) is 20.3 Å². The van der Waals surface area contributed by atoms with E-state index in [-0.39, 0.29) is 6.01 Å². The Morgan fingerprint density at radius 3 is 2.35 bits per heavy atom. The third kappa shape index (κ3) is 3.28. The second-order valence-electron chi connectivity index (χ2n) is 4.62. The van der Waals surface area contributed by atoms with E-state index in [1.54, 1.807) is 0 Å². The number of methoxy groups -OCH3 is 2. The molecule has 1 heterocycles. The first kappa shape index (κ1) is 14.4. The number of hydrogen-bond acceptors (Lipinski definition) is 6. The van der Waals surface area contributed by atoms with Gasteiger partial charge in [0, 0.05) is 0 Å². The van der Waals surface area contributed by atoms with Gasteiger partial charge < -0.3 is 19.3 Å². The maximum atomic E-state index is 11.2. The quantitative estimate of drug-likeness (QED) is 0.875. The van der Waals surface area contributed by atoms with Gasteiger partial charge >= 0.3 is 12.0 Å². The third-order valence-corrected chi connectivity index (χ3v) is 3.35. The lowest BCUT2D eigenvalue weighted by atomic mass is 9.86. The Labute approximate surface area is 116 Å². The lowest BCUT2D eigenvalue weighted by Crippen LogP contribution is -2.36. The van der Waals surface area contributed by atoms with Crippen LogP contribution in [0.25, 0.3) is 0 Å². The monoisotopic (exact) mass is 282 g/mol. The zero-order valence-corrected chi connectivity index (χ0v) is 11.5. The highest BCUT2D eigenvalue weighted by molar-refractivity contribution is 5.70. The molecule has 0 amide bonds. The fraction of sp³-hybridized carbons (Fsp3) is 0.615. The van der Waals surface area contributed by atoms with E-state index in [0.29, 0.717) is 24.6 Å². The molecule has 2 rings (SSSR count). The Morgan fingerprint density at radius 2 is 1.80 bits per heavy atom. The normalized spacial score (nSPS) is 22.1. The molecule has 2 unspecified atom stereocenters. The van der Waals surface area contributed by atoms with Crippen molar-refractivity contribution in [1.29, 1.82) is 0 Å². The number of carboxylic acid groups (broad SMARTS) is 1. The van der Waals surface area contributed by atoms with Gasteiger partial charge in [-0.1, -0.05) is 6.42 Å². The Morgan fingerprint density at radius 1 is 1.20 bits per heavy atom. The first-order chi connectivity index (χ1) is 9.63. The summed E-state index contributed by atoms with van der Waals surface area (Å²) in [5.74, 6) is -0.738. The highest BCUT2D eigenvalue weighted by Crippen LogP contribution is 2.29. The van der Waals surface area contributed by atoms with Gasteiger partial charge in [0.05, 0.1) is 26.2 Å².